The first-order valence-electron chi connectivity index (χ1n) is 9.29. The van der Waals surface area contributed by atoms with E-state index in [-0.39, 0.29) is 23.6 Å². The summed E-state index contributed by atoms with van der Waals surface area (Å²) in [6.45, 7) is -0.332. The molecule has 34 heavy (non-hydrogen) atoms. The normalized spacial score (nSPS) is 11.4. The molecule has 0 aliphatic heterocycles. The largest absolute Gasteiger partial charge is 0.573 e. The second-order valence-electron chi connectivity index (χ2n) is 6.51. The first-order chi connectivity index (χ1) is 15.9. The van der Waals surface area contributed by atoms with E-state index in [9.17, 15) is 31.1 Å². The van der Waals surface area contributed by atoms with Gasteiger partial charge in [0, 0.05) is 22.7 Å². The fourth-order valence-corrected chi connectivity index (χ4v) is 2.72. The maximum atomic E-state index is 13.0. The Kier molecular flexibility index (Phi) is 7.05. The molecular weight excluding hydrogens is 470 g/mol. The van der Waals surface area contributed by atoms with Crippen LogP contribution >= 0.6 is 0 Å². The summed E-state index contributed by atoms with van der Waals surface area (Å²) in [5, 5.41) is 2.62. The van der Waals surface area contributed by atoms with Crippen molar-refractivity contribution in [3.8, 4) is 23.3 Å². The number of carbonyl (C=O) groups excluding carboxylic acids is 1. The van der Waals surface area contributed by atoms with Gasteiger partial charge in [-0.25, -0.2) is 9.78 Å². The quantitative estimate of drug-likeness (QED) is 0.377. The van der Waals surface area contributed by atoms with E-state index in [0.717, 1.165) is 18.2 Å². The average molecular weight is 484 g/mol. The number of amides is 1. The number of hydrogen-bond donors (Lipinski definition) is 1. The second-order valence-corrected chi connectivity index (χ2v) is 6.51. The molecule has 178 valence electrons. The molecule has 0 atom stereocenters. The summed E-state index contributed by atoms with van der Waals surface area (Å²) in [4.78, 5) is 15.4. The number of methoxy groups -OCH3 is 1. The Morgan fingerprint density at radius 3 is 2.35 bits per heavy atom. The number of ether oxygens (including phenoxy) is 3. The molecule has 0 saturated heterocycles. The highest BCUT2D eigenvalue weighted by Gasteiger charge is 2.33. The number of anilines is 1. The van der Waals surface area contributed by atoms with Crippen LogP contribution in [0.3, 0.4) is 0 Å². The third kappa shape index (κ3) is 6.68. The van der Waals surface area contributed by atoms with Gasteiger partial charge in [-0.1, -0.05) is 11.8 Å². The molecule has 2 aromatic carbocycles. The number of nitrogens with zero attached hydrogens (tertiary/aromatic N) is 1. The zero-order valence-corrected chi connectivity index (χ0v) is 17.2. The third-order valence-electron chi connectivity index (χ3n) is 4.12. The van der Waals surface area contributed by atoms with Gasteiger partial charge in [-0.05, 0) is 42.5 Å². The zero-order valence-electron chi connectivity index (χ0n) is 17.2. The lowest BCUT2D eigenvalue weighted by atomic mass is 10.1. The highest BCUT2D eigenvalue weighted by Crippen LogP contribution is 2.34. The first-order valence-corrected chi connectivity index (χ1v) is 9.29. The van der Waals surface area contributed by atoms with E-state index in [0.29, 0.717) is 10.9 Å². The molecule has 6 nitrogen and oxygen atoms in total. The molecule has 0 radical (unpaired) electrons. The fraction of sp³-hybridized carbons (Fsp3) is 0.182. The molecule has 3 rings (SSSR count). The Bertz CT molecular complexity index is 1240. The first kappa shape index (κ1) is 24.5. The van der Waals surface area contributed by atoms with Crippen molar-refractivity contribution in [2.24, 2.45) is 0 Å². The molecule has 1 heterocycles. The maximum absolute atomic E-state index is 13.0. The van der Waals surface area contributed by atoms with Crippen LogP contribution in [0.15, 0.2) is 48.5 Å². The number of halogens is 6. The minimum absolute atomic E-state index is 0.0248. The van der Waals surface area contributed by atoms with Crippen molar-refractivity contribution in [1.82, 2.24) is 4.98 Å². The van der Waals surface area contributed by atoms with E-state index in [1.165, 1.54) is 37.4 Å². The number of fused-ring (bicyclic) bond motifs is 1. The summed E-state index contributed by atoms with van der Waals surface area (Å²) in [7, 11) is 1.23. The molecule has 0 aliphatic rings. The Morgan fingerprint density at radius 1 is 1.03 bits per heavy atom. The van der Waals surface area contributed by atoms with Crippen LogP contribution in [0.2, 0.25) is 0 Å². The van der Waals surface area contributed by atoms with Gasteiger partial charge in [-0.3, -0.25) is 5.32 Å². The van der Waals surface area contributed by atoms with Gasteiger partial charge < -0.3 is 14.2 Å². The molecule has 0 spiro atoms. The third-order valence-corrected chi connectivity index (χ3v) is 4.12. The lowest BCUT2D eigenvalue weighted by molar-refractivity contribution is -0.274. The van der Waals surface area contributed by atoms with Gasteiger partial charge in [0.2, 0.25) is 0 Å². The van der Waals surface area contributed by atoms with Gasteiger partial charge in [0.05, 0.1) is 12.6 Å². The topological polar surface area (TPSA) is 69.7 Å². The van der Waals surface area contributed by atoms with Crippen LogP contribution in [0.4, 0.5) is 36.8 Å². The minimum Gasteiger partial charge on any atom is -0.496 e. The van der Waals surface area contributed by atoms with E-state index < -0.39 is 30.1 Å². The summed E-state index contributed by atoms with van der Waals surface area (Å²) >= 11 is 0. The molecule has 3 aromatic rings. The zero-order chi connectivity index (χ0) is 24.9. The average Bonchev–Trinajstić information content (AvgIpc) is 2.75. The van der Waals surface area contributed by atoms with Crippen molar-refractivity contribution < 1.29 is 45.3 Å². The molecule has 1 amide bonds. The molecule has 0 bridgehead atoms. The van der Waals surface area contributed by atoms with Gasteiger partial charge in [-0.15, -0.1) is 13.2 Å². The summed E-state index contributed by atoms with van der Waals surface area (Å²) in [6.07, 6.45) is -10.4. The lowest BCUT2D eigenvalue weighted by Gasteiger charge is -2.11. The fourth-order valence-electron chi connectivity index (χ4n) is 2.72. The molecule has 0 aliphatic carbocycles. The van der Waals surface area contributed by atoms with Crippen LogP contribution in [-0.2, 0) is 10.9 Å². The van der Waals surface area contributed by atoms with Gasteiger partial charge in [0.25, 0.3) is 0 Å². The van der Waals surface area contributed by atoms with Crippen molar-refractivity contribution in [2.75, 3.05) is 19.0 Å². The lowest BCUT2D eigenvalue weighted by Crippen LogP contribution is -2.17. The second kappa shape index (κ2) is 9.78. The van der Waals surface area contributed by atoms with Crippen molar-refractivity contribution in [3.05, 3.63) is 59.8 Å². The van der Waals surface area contributed by atoms with Crippen LogP contribution in [0.25, 0.3) is 10.9 Å². The maximum Gasteiger partial charge on any atom is 0.573 e. The number of nitrogens with one attached hydrogen (secondary N) is 1. The number of alkyl halides is 6. The van der Waals surface area contributed by atoms with Gasteiger partial charge >= 0.3 is 18.6 Å². The highest BCUT2D eigenvalue weighted by molar-refractivity contribution is 5.87. The summed E-state index contributed by atoms with van der Waals surface area (Å²) < 4.78 is 88.9. The van der Waals surface area contributed by atoms with E-state index >= 15 is 0 Å². The molecule has 0 saturated carbocycles. The number of carbonyl (C=O) groups is 1. The van der Waals surface area contributed by atoms with Crippen LogP contribution in [-0.4, -0.2) is 31.2 Å². The van der Waals surface area contributed by atoms with Gasteiger partial charge in [0.15, 0.2) is 6.61 Å². The van der Waals surface area contributed by atoms with Gasteiger partial charge in [-0.2, -0.15) is 13.2 Å². The predicted octanol–water partition coefficient (Wildman–Crippen LogP) is 5.76. The summed E-state index contributed by atoms with van der Waals surface area (Å²) in [5.74, 6) is 4.79. The number of rotatable bonds is 4. The molecular formula is C22H14F6N2O4. The van der Waals surface area contributed by atoms with E-state index in [1.54, 1.807) is 0 Å². The van der Waals surface area contributed by atoms with Crippen LogP contribution < -0.4 is 14.8 Å². The predicted molar refractivity (Wildman–Crippen MR) is 108 cm³/mol. The highest BCUT2D eigenvalue weighted by atomic mass is 19.4. The molecule has 1 aromatic heterocycles. The molecule has 12 heteroatoms. The molecule has 0 fully saturated rings. The van der Waals surface area contributed by atoms with Crippen LogP contribution in [0, 0.1) is 11.8 Å². The van der Waals surface area contributed by atoms with Crippen molar-refractivity contribution in [1.29, 1.82) is 0 Å². The van der Waals surface area contributed by atoms with Crippen LogP contribution in [0.5, 0.6) is 11.5 Å². The minimum atomic E-state index is -4.83. The van der Waals surface area contributed by atoms with Gasteiger partial charge in [0.1, 0.15) is 17.2 Å². The number of pyridine rings is 1. The van der Waals surface area contributed by atoms with Crippen LogP contribution in [0.1, 0.15) is 11.3 Å². The molecule has 0 unspecified atom stereocenters. The number of hydrogen-bond acceptors (Lipinski definition) is 5. The number of aromatic nitrogens is 1. The Morgan fingerprint density at radius 2 is 1.74 bits per heavy atom. The standard InChI is InChI=1S/C22H14F6N2O4/c1-32-18-12-19(21(23,24)25)30-17-9-4-13(11-16(17)18)3-2-10-33-20(31)29-14-5-7-15(8-6-14)34-22(26,27)28/h4-9,11-12H,10H2,1H3,(H,29,31). The monoisotopic (exact) mass is 484 g/mol. The van der Waals surface area contributed by atoms with E-state index in [2.05, 4.69) is 26.9 Å². The summed E-state index contributed by atoms with van der Waals surface area (Å²) in [5.41, 5.74) is -0.437. The van der Waals surface area contributed by atoms with Crippen molar-refractivity contribution in [3.63, 3.8) is 0 Å². The van der Waals surface area contributed by atoms with Crippen molar-refractivity contribution in [2.45, 2.75) is 12.5 Å². The van der Waals surface area contributed by atoms with Crippen molar-refractivity contribution >= 4 is 22.7 Å². The van der Waals surface area contributed by atoms with E-state index in [4.69, 9.17) is 9.47 Å². The summed E-state index contributed by atoms with van der Waals surface area (Å²) in [6, 6.07) is 9.49. The Hall–Kier alpha value is -4.14. The SMILES string of the molecule is COc1cc(C(F)(F)F)nc2ccc(C#CCOC(=O)Nc3ccc(OC(F)(F)F)cc3)cc12. The Labute approximate surface area is 188 Å². The Balaban J connectivity index is 1.61. The number of benzene rings is 2. The smallest absolute Gasteiger partial charge is 0.496 e. The van der Waals surface area contributed by atoms with E-state index in [1.807, 2.05) is 0 Å². The molecule has 1 N–H and O–H groups in total.